The molecule has 140 valence electrons. The Bertz CT molecular complexity index is 1170. The Hall–Kier alpha value is -3.17. The Balaban J connectivity index is 1.47. The molecular formula is C19H13N3O4S2. The number of fused-ring (bicyclic) bond motifs is 1. The number of nitro groups is 1. The summed E-state index contributed by atoms with van der Waals surface area (Å²) in [5.74, 6) is 1.40. The third kappa shape index (κ3) is 4.05. The molecule has 0 spiro atoms. The maximum atomic E-state index is 10.9. The number of furan rings is 1. The van der Waals surface area contributed by atoms with Gasteiger partial charge in [0, 0.05) is 12.1 Å². The Labute approximate surface area is 167 Å². The van der Waals surface area contributed by atoms with Crippen LogP contribution < -0.4 is 4.74 Å². The Morgan fingerprint density at radius 1 is 1.21 bits per heavy atom. The molecule has 0 unspecified atom stereocenters. The van der Waals surface area contributed by atoms with Crippen LogP contribution in [0.3, 0.4) is 0 Å². The highest BCUT2D eigenvalue weighted by molar-refractivity contribution is 8.01. The fourth-order valence-electron chi connectivity index (χ4n) is 2.40. The van der Waals surface area contributed by atoms with Crippen LogP contribution in [0.4, 0.5) is 11.4 Å². The molecular weight excluding hydrogens is 398 g/mol. The van der Waals surface area contributed by atoms with Crippen LogP contribution in [0.2, 0.25) is 0 Å². The van der Waals surface area contributed by atoms with Crippen LogP contribution in [0.1, 0.15) is 5.76 Å². The van der Waals surface area contributed by atoms with E-state index in [0.717, 1.165) is 26.0 Å². The molecule has 0 radical (unpaired) electrons. The Kier molecular flexibility index (Phi) is 5.09. The zero-order valence-corrected chi connectivity index (χ0v) is 16.2. The van der Waals surface area contributed by atoms with Gasteiger partial charge in [0.1, 0.15) is 11.5 Å². The number of hydrogen-bond donors (Lipinski definition) is 0. The molecule has 28 heavy (non-hydrogen) atoms. The minimum atomic E-state index is -0.410. The zero-order chi connectivity index (χ0) is 19.5. The molecule has 4 aromatic rings. The molecule has 9 heteroatoms. The van der Waals surface area contributed by atoms with Gasteiger partial charge in [0.15, 0.2) is 9.43 Å². The van der Waals surface area contributed by atoms with Crippen molar-refractivity contribution in [3.8, 4) is 5.75 Å². The molecule has 0 saturated carbocycles. The average molecular weight is 411 g/mol. The molecule has 4 rings (SSSR count). The van der Waals surface area contributed by atoms with E-state index >= 15 is 0 Å². The third-order valence-corrected chi connectivity index (χ3v) is 5.77. The third-order valence-electron chi connectivity index (χ3n) is 3.77. The lowest BCUT2D eigenvalue weighted by molar-refractivity contribution is -0.384. The molecule has 0 N–H and O–H groups in total. The van der Waals surface area contributed by atoms with Crippen LogP contribution in [0.25, 0.3) is 10.2 Å². The molecule has 2 aromatic carbocycles. The number of non-ortho nitro benzene ring substituents is 1. The summed E-state index contributed by atoms with van der Waals surface area (Å²) in [5, 5.41) is 11.6. The van der Waals surface area contributed by atoms with Crippen molar-refractivity contribution in [3.63, 3.8) is 0 Å². The summed E-state index contributed by atoms with van der Waals surface area (Å²) in [6.07, 6.45) is 1.65. The molecule has 0 amide bonds. The first-order valence-electron chi connectivity index (χ1n) is 8.11. The van der Waals surface area contributed by atoms with Gasteiger partial charge in [-0.15, -0.1) is 11.3 Å². The van der Waals surface area contributed by atoms with Crippen LogP contribution in [0.5, 0.6) is 5.75 Å². The second-order valence-electron chi connectivity index (χ2n) is 5.60. The number of methoxy groups -OCH3 is 1. The summed E-state index contributed by atoms with van der Waals surface area (Å²) in [4.78, 5) is 19.3. The fourth-order valence-corrected chi connectivity index (χ4v) is 4.40. The van der Waals surface area contributed by atoms with Gasteiger partial charge in [-0.3, -0.25) is 15.1 Å². The van der Waals surface area contributed by atoms with E-state index in [1.807, 2.05) is 36.4 Å². The number of hydrogen-bond acceptors (Lipinski definition) is 8. The second kappa shape index (κ2) is 7.83. The number of rotatable bonds is 6. The van der Waals surface area contributed by atoms with Crippen molar-refractivity contribution in [1.29, 1.82) is 0 Å². The highest BCUT2D eigenvalue weighted by Gasteiger charge is 2.12. The number of thiazole rings is 1. The first-order valence-corrected chi connectivity index (χ1v) is 9.75. The van der Waals surface area contributed by atoms with Crippen LogP contribution in [0.15, 0.2) is 73.4 Å². The van der Waals surface area contributed by atoms with Crippen molar-refractivity contribution in [2.24, 2.45) is 4.99 Å². The number of benzene rings is 2. The smallest absolute Gasteiger partial charge is 0.270 e. The molecule has 7 nitrogen and oxygen atoms in total. The maximum absolute atomic E-state index is 10.9. The lowest BCUT2D eigenvalue weighted by Crippen LogP contribution is -1.85. The van der Waals surface area contributed by atoms with Crippen molar-refractivity contribution in [2.45, 2.75) is 9.43 Å². The zero-order valence-electron chi connectivity index (χ0n) is 14.6. The van der Waals surface area contributed by atoms with Gasteiger partial charge < -0.3 is 9.15 Å². The van der Waals surface area contributed by atoms with Gasteiger partial charge in [-0.05, 0) is 54.2 Å². The van der Waals surface area contributed by atoms with Crippen molar-refractivity contribution in [2.75, 3.05) is 7.11 Å². The Morgan fingerprint density at radius 2 is 2.04 bits per heavy atom. The van der Waals surface area contributed by atoms with Gasteiger partial charge in [-0.1, -0.05) is 0 Å². The van der Waals surface area contributed by atoms with Gasteiger partial charge in [0.2, 0.25) is 0 Å². The van der Waals surface area contributed by atoms with Crippen LogP contribution in [-0.2, 0) is 0 Å². The molecule has 0 aliphatic carbocycles. The van der Waals surface area contributed by atoms with E-state index in [1.165, 1.54) is 35.2 Å². The van der Waals surface area contributed by atoms with Gasteiger partial charge in [0.05, 0.1) is 34.2 Å². The van der Waals surface area contributed by atoms with Gasteiger partial charge in [-0.25, -0.2) is 4.98 Å². The monoisotopic (exact) mass is 411 g/mol. The molecule has 0 aliphatic heterocycles. The van der Waals surface area contributed by atoms with Gasteiger partial charge >= 0.3 is 0 Å². The average Bonchev–Trinajstić information content (AvgIpc) is 3.32. The molecule has 0 aliphatic rings. The first kappa shape index (κ1) is 18.2. The minimum Gasteiger partial charge on any atom is -0.497 e. The number of nitrogens with zero attached hydrogens (tertiary/aromatic N) is 3. The summed E-state index contributed by atoms with van der Waals surface area (Å²) >= 11 is 2.76. The van der Waals surface area contributed by atoms with E-state index in [1.54, 1.807) is 19.4 Å². The Morgan fingerprint density at radius 3 is 2.79 bits per heavy atom. The summed E-state index contributed by atoms with van der Waals surface area (Å²) in [6.45, 7) is 0. The number of aromatic nitrogens is 1. The summed E-state index contributed by atoms with van der Waals surface area (Å²) in [5.41, 5.74) is 1.58. The van der Waals surface area contributed by atoms with Crippen LogP contribution in [0, 0.1) is 10.1 Å². The quantitative estimate of drug-likeness (QED) is 0.229. The summed E-state index contributed by atoms with van der Waals surface area (Å²) in [6, 6.07) is 15.7. The van der Waals surface area contributed by atoms with E-state index in [2.05, 4.69) is 9.98 Å². The maximum Gasteiger partial charge on any atom is 0.270 e. The number of ether oxygens (including phenoxy) is 1. The SMILES string of the molecule is COc1ccc(N=Cc2ccc(Sc3nc4ccc([N+](=O)[O-])cc4s3)o2)cc1. The second-order valence-corrected chi connectivity index (χ2v) is 7.89. The minimum absolute atomic E-state index is 0.0581. The largest absolute Gasteiger partial charge is 0.497 e. The van der Waals surface area contributed by atoms with Crippen molar-refractivity contribution >= 4 is 50.9 Å². The predicted molar refractivity (Wildman–Crippen MR) is 109 cm³/mol. The van der Waals surface area contributed by atoms with E-state index in [-0.39, 0.29) is 5.69 Å². The lowest BCUT2D eigenvalue weighted by atomic mass is 10.3. The molecule has 2 heterocycles. The van der Waals surface area contributed by atoms with E-state index in [0.29, 0.717) is 10.9 Å². The highest BCUT2D eigenvalue weighted by Crippen LogP contribution is 2.36. The number of nitro benzene ring substituents is 1. The fraction of sp³-hybridized carbons (Fsp3) is 0.0526. The standard InChI is InChI=1S/C19H13N3O4S2/c1-25-14-5-2-12(3-6-14)20-11-15-7-9-18(26-15)28-19-21-16-8-4-13(22(23)24)10-17(16)27-19/h2-11H,1H3. The van der Waals surface area contributed by atoms with Crippen LogP contribution >= 0.6 is 23.1 Å². The molecule has 2 aromatic heterocycles. The predicted octanol–water partition coefficient (Wildman–Crippen LogP) is 5.71. The van der Waals surface area contributed by atoms with E-state index in [4.69, 9.17) is 9.15 Å². The van der Waals surface area contributed by atoms with Crippen LogP contribution in [-0.4, -0.2) is 23.2 Å². The normalized spacial score (nSPS) is 11.3. The van der Waals surface area contributed by atoms with E-state index in [9.17, 15) is 10.1 Å². The highest BCUT2D eigenvalue weighted by atomic mass is 32.2. The number of aliphatic imine (C=N–C) groups is 1. The van der Waals surface area contributed by atoms with Gasteiger partial charge in [-0.2, -0.15) is 0 Å². The van der Waals surface area contributed by atoms with Crippen molar-refractivity contribution < 1.29 is 14.1 Å². The van der Waals surface area contributed by atoms with Gasteiger partial charge in [0.25, 0.3) is 5.69 Å². The molecule has 0 atom stereocenters. The topological polar surface area (TPSA) is 90.8 Å². The first-order chi connectivity index (χ1) is 13.6. The molecule has 0 fully saturated rings. The van der Waals surface area contributed by atoms with E-state index < -0.39 is 4.92 Å². The molecule has 0 bridgehead atoms. The lowest BCUT2D eigenvalue weighted by Gasteiger charge is -1.98. The summed E-state index contributed by atoms with van der Waals surface area (Å²) < 4.78 is 12.4. The summed E-state index contributed by atoms with van der Waals surface area (Å²) in [7, 11) is 1.62. The molecule has 0 saturated heterocycles. The van der Waals surface area contributed by atoms with Crippen molar-refractivity contribution in [1.82, 2.24) is 4.98 Å². The van der Waals surface area contributed by atoms with Crippen molar-refractivity contribution in [3.05, 3.63) is 70.5 Å².